The van der Waals surface area contributed by atoms with Gasteiger partial charge in [0.05, 0.1) is 35.0 Å². The largest absolute Gasteiger partial charge is 0.490 e. The molecule has 1 aromatic heterocycles. The molecule has 1 unspecified atom stereocenters. The Hall–Kier alpha value is -3.48. The van der Waals surface area contributed by atoms with E-state index < -0.39 is 0 Å². The number of nitrogens with one attached hydrogen (secondary N) is 2. The lowest BCUT2D eigenvalue weighted by molar-refractivity contribution is -0.112. The average Bonchev–Trinajstić information content (AvgIpc) is 3.21. The summed E-state index contributed by atoms with van der Waals surface area (Å²) >= 11 is 0. The van der Waals surface area contributed by atoms with Gasteiger partial charge in [-0.2, -0.15) is 5.10 Å². The smallest absolute Gasteiger partial charge is 0.259 e. The Morgan fingerprint density at radius 3 is 2.94 bits per heavy atom. The van der Waals surface area contributed by atoms with Crippen molar-refractivity contribution in [2.75, 3.05) is 11.9 Å². The number of carbonyl (C=O) groups is 1. The van der Waals surface area contributed by atoms with Gasteiger partial charge in [-0.05, 0) is 45.4 Å². The molecule has 0 radical (unpaired) electrons. The molecule has 3 rings (SSSR count). The maximum atomic E-state index is 13.2. The number of rotatable bonds is 8. The van der Waals surface area contributed by atoms with Crippen molar-refractivity contribution in [2.24, 2.45) is 15.9 Å². The van der Waals surface area contributed by atoms with Gasteiger partial charge < -0.3 is 10.1 Å². The van der Waals surface area contributed by atoms with Gasteiger partial charge in [0, 0.05) is 30.5 Å². The summed E-state index contributed by atoms with van der Waals surface area (Å²) in [5, 5.41) is 10.1. The second-order valence-electron chi connectivity index (χ2n) is 7.48. The second-order valence-corrected chi connectivity index (χ2v) is 7.48. The van der Waals surface area contributed by atoms with E-state index in [1.807, 2.05) is 57.2 Å². The molecule has 7 heteroatoms. The van der Waals surface area contributed by atoms with Crippen LogP contribution in [0.25, 0.3) is 11.3 Å². The summed E-state index contributed by atoms with van der Waals surface area (Å²) in [5.41, 5.74) is 3.30. The standard InChI is InChI=1S/C24H29N5O2/c1-5-7-12-26-22-17(6-2)13-25-14-19(22)24(30)28-20-15-27-29-23(20)18-10-8-9-11-21(18)31-16(3)4/h5,7-12,14-17H,6,13H2,1-4H3,(H,27,29)(H,28,30). The zero-order valence-electron chi connectivity index (χ0n) is 18.4. The topological polar surface area (TPSA) is 91.7 Å². The third-order valence-corrected chi connectivity index (χ3v) is 4.85. The van der Waals surface area contributed by atoms with E-state index in [-0.39, 0.29) is 17.9 Å². The summed E-state index contributed by atoms with van der Waals surface area (Å²) in [6.45, 7) is 8.58. The molecule has 1 aromatic carbocycles. The number of anilines is 1. The van der Waals surface area contributed by atoms with E-state index in [2.05, 4.69) is 32.4 Å². The first-order valence-electron chi connectivity index (χ1n) is 10.5. The summed E-state index contributed by atoms with van der Waals surface area (Å²) < 4.78 is 5.93. The number of hydrogen-bond donors (Lipinski definition) is 2. The third-order valence-electron chi connectivity index (χ3n) is 4.85. The number of carbonyl (C=O) groups excluding carboxylic acids is 1. The number of aromatic amines is 1. The molecule has 1 aliphatic rings. The third kappa shape index (κ3) is 5.36. The molecular weight excluding hydrogens is 390 g/mol. The molecule has 7 nitrogen and oxygen atoms in total. The lowest BCUT2D eigenvalue weighted by Crippen LogP contribution is -2.23. The van der Waals surface area contributed by atoms with Gasteiger partial charge in [-0.25, -0.2) is 0 Å². The van der Waals surface area contributed by atoms with Crippen LogP contribution in [0.5, 0.6) is 5.75 Å². The lowest BCUT2D eigenvalue weighted by atomic mass is 9.95. The predicted octanol–water partition coefficient (Wildman–Crippen LogP) is 4.81. The highest BCUT2D eigenvalue weighted by Crippen LogP contribution is 2.34. The molecule has 2 aromatic rings. The molecule has 2 N–H and O–H groups in total. The molecule has 0 fully saturated rings. The van der Waals surface area contributed by atoms with Gasteiger partial charge in [-0.3, -0.25) is 19.9 Å². The lowest BCUT2D eigenvalue weighted by Gasteiger charge is -2.20. The fourth-order valence-electron chi connectivity index (χ4n) is 3.33. The summed E-state index contributed by atoms with van der Waals surface area (Å²) in [5.74, 6) is 0.564. The highest BCUT2D eigenvalue weighted by atomic mass is 16.5. The molecule has 1 aliphatic heterocycles. The Bertz CT molecular complexity index is 1030. The van der Waals surface area contributed by atoms with Gasteiger partial charge >= 0.3 is 0 Å². The quantitative estimate of drug-likeness (QED) is 0.601. The number of allylic oxidation sites excluding steroid dienone is 2. The van der Waals surface area contributed by atoms with Crippen LogP contribution in [0.1, 0.15) is 34.1 Å². The number of H-pyrrole nitrogens is 1. The van der Waals surface area contributed by atoms with Crippen molar-refractivity contribution >= 4 is 24.0 Å². The Balaban J connectivity index is 1.93. The Kier molecular flexibility index (Phi) is 7.54. The number of hydrogen-bond acceptors (Lipinski definition) is 5. The van der Waals surface area contributed by atoms with Gasteiger partial charge in [0.2, 0.25) is 0 Å². The summed E-state index contributed by atoms with van der Waals surface area (Å²) in [6.07, 6.45) is 9.55. The first-order valence-corrected chi connectivity index (χ1v) is 10.5. The summed E-state index contributed by atoms with van der Waals surface area (Å²) in [4.78, 5) is 22.1. The summed E-state index contributed by atoms with van der Waals surface area (Å²) in [7, 11) is 0. The van der Waals surface area contributed by atoms with Crippen LogP contribution in [-0.2, 0) is 4.79 Å². The van der Waals surface area contributed by atoms with E-state index in [0.29, 0.717) is 23.5 Å². The molecule has 0 aliphatic carbocycles. The van der Waals surface area contributed by atoms with Gasteiger partial charge in [0.15, 0.2) is 0 Å². The van der Waals surface area contributed by atoms with Crippen LogP contribution in [0.4, 0.5) is 5.69 Å². The molecular formula is C24H29N5O2. The maximum Gasteiger partial charge on any atom is 0.259 e. The molecule has 0 bridgehead atoms. The number of ether oxygens (including phenoxy) is 1. The van der Waals surface area contributed by atoms with Crippen LogP contribution in [0.15, 0.2) is 63.9 Å². The van der Waals surface area contributed by atoms with Crippen molar-refractivity contribution in [3.63, 3.8) is 0 Å². The number of amides is 1. The SMILES string of the molecule is CC=CC=NC1=C(C(=O)Nc2cn[nH]c2-c2ccccc2OC(C)C)C=NCC1CC. The normalized spacial score (nSPS) is 16.6. The van der Waals surface area contributed by atoms with E-state index in [4.69, 9.17) is 4.74 Å². The molecule has 1 atom stereocenters. The minimum absolute atomic E-state index is 0.0225. The van der Waals surface area contributed by atoms with Crippen LogP contribution in [0.2, 0.25) is 0 Å². The molecule has 0 saturated carbocycles. The number of aromatic nitrogens is 2. The van der Waals surface area contributed by atoms with Crippen LogP contribution in [0.3, 0.4) is 0 Å². The number of aliphatic imine (C=N–C) groups is 2. The van der Waals surface area contributed by atoms with Crippen molar-refractivity contribution in [2.45, 2.75) is 40.2 Å². The fraction of sp³-hybridized carbons (Fsp3) is 0.333. The zero-order valence-corrected chi connectivity index (χ0v) is 18.4. The van der Waals surface area contributed by atoms with E-state index in [1.165, 1.54) is 0 Å². The fourth-order valence-corrected chi connectivity index (χ4v) is 3.33. The molecule has 0 saturated heterocycles. The predicted molar refractivity (Wildman–Crippen MR) is 126 cm³/mol. The monoisotopic (exact) mass is 419 g/mol. The number of nitrogens with zero attached hydrogens (tertiary/aromatic N) is 3. The molecule has 0 spiro atoms. The van der Waals surface area contributed by atoms with Crippen molar-refractivity contribution < 1.29 is 9.53 Å². The van der Waals surface area contributed by atoms with E-state index >= 15 is 0 Å². The van der Waals surface area contributed by atoms with Crippen molar-refractivity contribution in [1.82, 2.24) is 10.2 Å². The minimum atomic E-state index is -0.264. The Morgan fingerprint density at radius 2 is 2.19 bits per heavy atom. The average molecular weight is 420 g/mol. The molecule has 1 amide bonds. The minimum Gasteiger partial charge on any atom is -0.490 e. The molecule has 2 heterocycles. The number of benzene rings is 1. The highest BCUT2D eigenvalue weighted by molar-refractivity contribution is 6.19. The van der Waals surface area contributed by atoms with Crippen molar-refractivity contribution in [1.29, 1.82) is 0 Å². The first kappa shape index (κ1) is 22.2. The number of para-hydroxylation sites is 1. The molecule has 162 valence electrons. The van der Waals surface area contributed by atoms with Gasteiger partial charge in [0.25, 0.3) is 5.91 Å². The van der Waals surface area contributed by atoms with Crippen LogP contribution in [0, 0.1) is 5.92 Å². The molecule has 31 heavy (non-hydrogen) atoms. The zero-order chi connectivity index (χ0) is 22.2. The van der Waals surface area contributed by atoms with Crippen molar-refractivity contribution in [3.8, 4) is 17.0 Å². The van der Waals surface area contributed by atoms with E-state index in [9.17, 15) is 4.79 Å². The van der Waals surface area contributed by atoms with Gasteiger partial charge in [-0.1, -0.05) is 25.1 Å². The number of dihydropyridines is 1. The van der Waals surface area contributed by atoms with Crippen LogP contribution < -0.4 is 10.1 Å². The summed E-state index contributed by atoms with van der Waals surface area (Å²) in [6, 6.07) is 7.67. The van der Waals surface area contributed by atoms with Gasteiger partial charge in [0.1, 0.15) is 5.75 Å². The Morgan fingerprint density at radius 1 is 1.39 bits per heavy atom. The van der Waals surface area contributed by atoms with E-state index in [0.717, 1.165) is 23.4 Å². The van der Waals surface area contributed by atoms with Gasteiger partial charge in [-0.15, -0.1) is 0 Å². The van der Waals surface area contributed by atoms with Crippen LogP contribution >= 0.6 is 0 Å². The Labute approximate surface area is 183 Å². The van der Waals surface area contributed by atoms with Crippen LogP contribution in [-0.4, -0.2) is 41.2 Å². The maximum absolute atomic E-state index is 13.2. The first-order chi connectivity index (χ1) is 15.0. The highest BCUT2D eigenvalue weighted by Gasteiger charge is 2.24. The van der Waals surface area contributed by atoms with E-state index in [1.54, 1.807) is 18.6 Å². The van der Waals surface area contributed by atoms with Crippen molar-refractivity contribution in [3.05, 3.63) is 53.9 Å². The second kappa shape index (κ2) is 10.5.